The molecule has 26 heavy (non-hydrogen) atoms. The van der Waals surface area contributed by atoms with E-state index < -0.39 is 15.8 Å². The Bertz CT molecular complexity index is 1190. The average Bonchev–Trinajstić information content (AvgIpc) is 3.07. The Morgan fingerprint density at radius 2 is 1.92 bits per heavy atom. The largest absolute Gasteiger partial charge is 0.337 e. The van der Waals surface area contributed by atoms with Gasteiger partial charge in [0.15, 0.2) is 5.82 Å². The van der Waals surface area contributed by atoms with Crippen molar-refractivity contribution in [3.8, 4) is 11.5 Å². The van der Waals surface area contributed by atoms with Crippen LogP contribution < -0.4 is 4.72 Å². The first-order chi connectivity index (χ1) is 12.5. The normalized spacial score (nSPS) is 11.6. The van der Waals surface area contributed by atoms with Crippen molar-refractivity contribution in [3.63, 3.8) is 0 Å². The van der Waals surface area contributed by atoms with Gasteiger partial charge in [-0.15, -0.1) is 0 Å². The van der Waals surface area contributed by atoms with Crippen molar-refractivity contribution >= 4 is 26.7 Å². The minimum atomic E-state index is -3.95. The van der Waals surface area contributed by atoms with Crippen molar-refractivity contribution in [2.45, 2.75) is 4.90 Å². The van der Waals surface area contributed by atoms with Gasteiger partial charge in [0.1, 0.15) is 17.8 Å². The zero-order valence-corrected chi connectivity index (χ0v) is 14.0. The topological polar surface area (TPSA) is 101 Å². The van der Waals surface area contributed by atoms with E-state index in [4.69, 9.17) is 0 Å². The van der Waals surface area contributed by atoms with E-state index in [-0.39, 0.29) is 10.6 Å². The van der Waals surface area contributed by atoms with Crippen molar-refractivity contribution in [3.05, 3.63) is 66.9 Å². The molecule has 0 aliphatic rings. The molecule has 0 fully saturated rings. The number of hydrogen-bond acceptors (Lipinski definition) is 5. The molecular weight excluding hydrogens is 357 g/mol. The number of aromatic nitrogens is 4. The van der Waals surface area contributed by atoms with Crippen LogP contribution in [-0.2, 0) is 10.0 Å². The molecule has 0 radical (unpaired) electrons. The first-order valence-electron chi connectivity index (χ1n) is 7.56. The van der Waals surface area contributed by atoms with Crippen LogP contribution in [0, 0.1) is 5.82 Å². The predicted octanol–water partition coefficient (Wildman–Crippen LogP) is 2.96. The third-order valence-corrected chi connectivity index (χ3v) is 5.07. The summed E-state index contributed by atoms with van der Waals surface area (Å²) in [7, 11) is -3.95. The highest BCUT2D eigenvalue weighted by Gasteiger charge is 2.18. The third-order valence-electron chi connectivity index (χ3n) is 3.71. The van der Waals surface area contributed by atoms with Gasteiger partial charge in [-0.2, -0.15) is 0 Å². The molecular formula is C17H12FN5O2S. The van der Waals surface area contributed by atoms with E-state index in [1.165, 1.54) is 36.7 Å². The summed E-state index contributed by atoms with van der Waals surface area (Å²) in [6, 6.07) is 11.7. The van der Waals surface area contributed by atoms with E-state index in [1.807, 2.05) is 0 Å². The number of nitrogens with one attached hydrogen (secondary N) is 2. The first-order valence-corrected chi connectivity index (χ1v) is 9.05. The number of rotatable bonds is 4. The van der Waals surface area contributed by atoms with Crippen LogP contribution in [-0.4, -0.2) is 28.4 Å². The fourth-order valence-electron chi connectivity index (χ4n) is 2.45. The lowest BCUT2D eigenvalue weighted by atomic mass is 10.3. The van der Waals surface area contributed by atoms with Crippen LogP contribution in [0.15, 0.2) is 66.0 Å². The lowest BCUT2D eigenvalue weighted by molar-refractivity contribution is 0.598. The first kappa shape index (κ1) is 16.2. The maximum absolute atomic E-state index is 13.7. The van der Waals surface area contributed by atoms with Crippen LogP contribution in [0.2, 0.25) is 0 Å². The second kappa shape index (κ2) is 6.19. The van der Waals surface area contributed by atoms with Crippen LogP contribution in [0.4, 0.5) is 10.1 Å². The number of fused-ring (bicyclic) bond motifs is 1. The molecule has 4 aromatic rings. The van der Waals surface area contributed by atoms with E-state index in [1.54, 1.807) is 24.4 Å². The van der Waals surface area contributed by atoms with E-state index >= 15 is 0 Å². The SMILES string of the molecule is O=S(=O)(Nc1ccccc1F)c1ccc2[nH]c(-c3ccncn3)nc2c1. The molecule has 2 heterocycles. The zero-order chi connectivity index (χ0) is 18.1. The lowest BCUT2D eigenvalue weighted by Gasteiger charge is -2.08. The lowest BCUT2D eigenvalue weighted by Crippen LogP contribution is -2.13. The third kappa shape index (κ3) is 3.00. The van der Waals surface area contributed by atoms with Crippen LogP contribution in [0.5, 0.6) is 0 Å². The summed E-state index contributed by atoms with van der Waals surface area (Å²) in [5.41, 5.74) is 1.58. The summed E-state index contributed by atoms with van der Waals surface area (Å²) in [5, 5.41) is 0. The summed E-state index contributed by atoms with van der Waals surface area (Å²) in [4.78, 5) is 15.4. The molecule has 2 aromatic heterocycles. The number of hydrogen-bond donors (Lipinski definition) is 2. The van der Waals surface area contributed by atoms with Gasteiger partial charge in [-0.1, -0.05) is 12.1 Å². The van der Waals surface area contributed by atoms with Crippen molar-refractivity contribution in [1.82, 2.24) is 19.9 Å². The van der Waals surface area contributed by atoms with Crippen LogP contribution >= 0.6 is 0 Å². The summed E-state index contributed by atoms with van der Waals surface area (Å²) >= 11 is 0. The molecule has 0 spiro atoms. The monoisotopic (exact) mass is 369 g/mol. The molecule has 0 aliphatic carbocycles. The molecule has 9 heteroatoms. The number of benzene rings is 2. The second-order valence-electron chi connectivity index (χ2n) is 5.44. The van der Waals surface area contributed by atoms with Gasteiger partial charge < -0.3 is 4.98 Å². The number of para-hydroxylation sites is 1. The Morgan fingerprint density at radius 1 is 1.08 bits per heavy atom. The van der Waals surface area contributed by atoms with Gasteiger partial charge in [-0.3, -0.25) is 4.72 Å². The van der Waals surface area contributed by atoms with Gasteiger partial charge in [0.25, 0.3) is 10.0 Å². The molecule has 0 saturated carbocycles. The highest BCUT2D eigenvalue weighted by atomic mass is 32.2. The minimum Gasteiger partial charge on any atom is -0.337 e. The highest BCUT2D eigenvalue weighted by Crippen LogP contribution is 2.23. The molecule has 0 unspecified atom stereocenters. The Hall–Kier alpha value is -3.33. The van der Waals surface area contributed by atoms with Gasteiger partial charge in [0, 0.05) is 6.20 Å². The van der Waals surface area contributed by atoms with Gasteiger partial charge in [0.05, 0.1) is 21.6 Å². The van der Waals surface area contributed by atoms with Crippen LogP contribution in [0.3, 0.4) is 0 Å². The molecule has 2 N–H and O–H groups in total. The maximum Gasteiger partial charge on any atom is 0.262 e. The van der Waals surface area contributed by atoms with Crippen molar-refractivity contribution in [1.29, 1.82) is 0 Å². The smallest absolute Gasteiger partial charge is 0.262 e. The number of aromatic amines is 1. The predicted molar refractivity (Wildman–Crippen MR) is 94.3 cm³/mol. The molecule has 0 amide bonds. The van der Waals surface area contributed by atoms with Gasteiger partial charge in [-0.05, 0) is 36.4 Å². The standard InChI is InChI=1S/C17H12FN5O2S/c18-12-3-1-2-4-13(12)23-26(24,25)11-5-6-14-16(9-11)22-17(21-14)15-7-8-19-10-20-15/h1-10,23H,(H,21,22). The molecule has 130 valence electrons. The minimum absolute atomic E-state index is 0.0195. The number of imidazole rings is 1. The molecule has 0 atom stereocenters. The number of halogens is 1. The van der Waals surface area contributed by atoms with Crippen LogP contribution in [0.25, 0.3) is 22.6 Å². The van der Waals surface area contributed by atoms with Gasteiger partial charge >= 0.3 is 0 Å². The Balaban J connectivity index is 1.72. The van der Waals surface area contributed by atoms with Crippen molar-refractivity contribution in [2.75, 3.05) is 4.72 Å². The molecule has 0 bridgehead atoms. The molecule has 0 saturated heterocycles. The average molecular weight is 369 g/mol. The number of sulfonamides is 1. The van der Waals surface area contributed by atoms with Gasteiger partial charge in [0.2, 0.25) is 0 Å². The molecule has 4 rings (SSSR count). The fourth-order valence-corrected chi connectivity index (χ4v) is 3.54. The van der Waals surface area contributed by atoms with Crippen LogP contribution in [0.1, 0.15) is 0 Å². The van der Waals surface area contributed by atoms with E-state index in [2.05, 4.69) is 24.7 Å². The Labute approximate surface area is 148 Å². The number of anilines is 1. The number of nitrogens with zero attached hydrogens (tertiary/aromatic N) is 3. The summed E-state index contributed by atoms with van der Waals surface area (Å²) < 4.78 is 41.0. The maximum atomic E-state index is 13.7. The second-order valence-corrected chi connectivity index (χ2v) is 7.13. The van der Waals surface area contributed by atoms with E-state index in [9.17, 15) is 12.8 Å². The summed E-state index contributed by atoms with van der Waals surface area (Å²) in [5.74, 6) is -0.151. The van der Waals surface area contributed by atoms with Crippen molar-refractivity contribution < 1.29 is 12.8 Å². The summed E-state index contributed by atoms with van der Waals surface area (Å²) in [6.07, 6.45) is 2.99. The highest BCUT2D eigenvalue weighted by molar-refractivity contribution is 7.92. The Kier molecular flexibility index (Phi) is 3.85. The molecule has 0 aliphatic heterocycles. The Morgan fingerprint density at radius 3 is 2.69 bits per heavy atom. The van der Waals surface area contributed by atoms with Gasteiger partial charge in [-0.25, -0.2) is 27.8 Å². The molecule has 7 nitrogen and oxygen atoms in total. The quantitative estimate of drug-likeness (QED) is 0.576. The number of H-pyrrole nitrogens is 1. The molecule has 2 aromatic carbocycles. The zero-order valence-electron chi connectivity index (χ0n) is 13.2. The summed E-state index contributed by atoms with van der Waals surface area (Å²) in [6.45, 7) is 0. The van der Waals surface area contributed by atoms with Crippen molar-refractivity contribution in [2.24, 2.45) is 0 Å². The fraction of sp³-hybridized carbons (Fsp3) is 0. The van der Waals surface area contributed by atoms with E-state index in [0.29, 0.717) is 22.6 Å². The van der Waals surface area contributed by atoms with E-state index in [0.717, 1.165) is 0 Å².